The van der Waals surface area contributed by atoms with Crippen LogP contribution in [0, 0.1) is 0 Å². The van der Waals surface area contributed by atoms with Crippen LogP contribution in [0.2, 0.25) is 0 Å². The number of aromatic nitrogens is 2. The average Bonchev–Trinajstić information content (AvgIpc) is 3.62. The number of benzene rings is 1. The summed E-state index contributed by atoms with van der Waals surface area (Å²) in [5.74, 6) is 1.46. The van der Waals surface area contributed by atoms with E-state index in [4.69, 9.17) is 0 Å². The minimum absolute atomic E-state index is 0.0491. The quantitative estimate of drug-likeness (QED) is 0.715. The van der Waals surface area contributed by atoms with Gasteiger partial charge in [0.05, 0.1) is 0 Å². The Morgan fingerprint density at radius 2 is 1.80 bits per heavy atom. The van der Waals surface area contributed by atoms with Crippen LogP contribution in [-0.2, 0) is 11.3 Å². The first-order valence-corrected chi connectivity index (χ1v) is 10.9. The van der Waals surface area contributed by atoms with Gasteiger partial charge in [-0.25, -0.2) is 14.8 Å². The minimum Gasteiger partial charge on any atom is -0.356 e. The Hall–Kier alpha value is -2.96. The Balaban J connectivity index is 1.38. The molecule has 3 fully saturated rings. The van der Waals surface area contributed by atoms with Gasteiger partial charge in [0, 0.05) is 43.9 Å². The van der Waals surface area contributed by atoms with Crippen molar-refractivity contribution in [2.45, 2.75) is 50.6 Å². The zero-order chi connectivity index (χ0) is 20.7. The Kier molecular flexibility index (Phi) is 4.68. The summed E-state index contributed by atoms with van der Waals surface area (Å²) in [5, 5.41) is 0. The molecule has 2 aliphatic heterocycles. The third-order valence-electron chi connectivity index (χ3n) is 6.71. The predicted octanol–water partition coefficient (Wildman–Crippen LogP) is 3.18. The summed E-state index contributed by atoms with van der Waals surface area (Å²) in [6.45, 7) is 4.13. The zero-order valence-corrected chi connectivity index (χ0v) is 17.3. The molecule has 1 aromatic heterocycles. The molecule has 3 aliphatic rings. The maximum absolute atomic E-state index is 13.3. The first-order chi connectivity index (χ1) is 14.6. The molecule has 0 N–H and O–H groups in total. The topological polar surface area (TPSA) is 69.6 Å². The van der Waals surface area contributed by atoms with Crippen molar-refractivity contribution in [3.63, 3.8) is 0 Å². The summed E-state index contributed by atoms with van der Waals surface area (Å²) >= 11 is 0. The van der Waals surface area contributed by atoms with Gasteiger partial charge in [0.25, 0.3) is 5.91 Å². The molecule has 0 bridgehead atoms. The van der Waals surface area contributed by atoms with E-state index in [2.05, 4.69) is 20.9 Å². The molecule has 2 aromatic rings. The Labute approximate surface area is 176 Å². The number of hydrogen-bond acceptors (Lipinski definition) is 5. The van der Waals surface area contributed by atoms with Crippen LogP contribution in [0.3, 0.4) is 0 Å². The molecule has 30 heavy (non-hydrogen) atoms. The molecule has 2 saturated heterocycles. The smallest absolute Gasteiger partial charge is 0.327 e. The molecule has 1 aliphatic carbocycles. The van der Waals surface area contributed by atoms with E-state index in [0.717, 1.165) is 17.1 Å². The van der Waals surface area contributed by atoms with Crippen molar-refractivity contribution in [2.75, 3.05) is 24.5 Å². The lowest BCUT2D eigenvalue weighted by atomic mass is 9.85. The monoisotopic (exact) mass is 405 g/mol. The summed E-state index contributed by atoms with van der Waals surface area (Å²) in [4.78, 5) is 40.8. The molecule has 7 nitrogen and oxygen atoms in total. The van der Waals surface area contributed by atoms with Gasteiger partial charge in [-0.2, -0.15) is 0 Å². The first kappa shape index (κ1) is 19.0. The second-order valence-electron chi connectivity index (χ2n) is 8.50. The molecule has 7 heteroatoms. The number of rotatable bonds is 5. The molecule has 3 amide bonds. The van der Waals surface area contributed by atoms with Crippen LogP contribution in [0.15, 0.2) is 42.7 Å². The van der Waals surface area contributed by atoms with E-state index in [0.29, 0.717) is 44.9 Å². The van der Waals surface area contributed by atoms with Gasteiger partial charge >= 0.3 is 6.03 Å². The number of carbonyl (C=O) groups is 2. The highest BCUT2D eigenvalue weighted by Crippen LogP contribution is 2.41. The van der Waals surface area contributed by atoms with Crippen LogP contribution in [0.5, 0.6) is 0 Å². The largest absolute Gasteiger partial charge is 0.356 e. The molecular weight excluding hydrogens is 378 g/mol. The lowest BCUT2D eigenvalue weighted by molar-refractivity contribution is -0.134. The lowest BCUT2D eigenvalue weighted by Gasteiger charge is -2.42. The van der Waals surface area contributed by atoms with Crippen molar-refractivity contribution in [2.24, 2.45) is 0 Å². The highest BCUT2D eigenvalue weighted by molar-refractivity contribution is 6.07. The normalized spacial score (nSPS) is 21.0. The summed E-state index contributed by atoms with van der Waals surface area (Å²) in [5.41, 5.74) is 1.41. The Bertz CT molecular complexity index is 951. The first-order valence-electron chi connectivity index (χ1n) is 10.9. The highest BCUT2D eigenvalue weighted by atomic mass is 16.2. The standard InChI is InChI=1S/C23H27N5O2/c1-2-27-21(29)23(28(22(27)30)15-17-6-4-3-5-7-17)10-12-26(13-11-23)20-14-19(18-8-9-18)24-16-25-20/h3-7,14,16,18H,2,8-13,15H2,1H3. The van der Waals surface area contributed by atoms with E-state index >= 15 is 0 Å². The zero-order valence-electron chi connectivity index (χ0n) is 17.3. The van der Waals surface area contributed by atoms with E-state index < -0.39 is 5.54 Å². The van der Waals surface area contributed by atoms with Gasteiger partial charge in [0.1, 0.15) is 17.7 Å². The molecule has 0 unspecified atom stereocenters. The second kappa shape index (κ2) is 7.38. The number of urea groups is 1. The van der Waals surface area contributed by atoms with Crippen molar-refractivity contribution in [1.29, 1.82) is 0 Å². The summed E-state index contributed by atoms with van der Waals surface area (Å²) < 4.78 is 0. The summed E-state index contributed by atoms with van der Waals surface area (Å²) in [6, 6.07) is 11.8. The van der Waals surface area contributed by atoms with Crippen molar-refractivity contribution in [1.82, 2.24) is 19.8 Å². The maximum atomic E-state index is 13.3. The summed E-state index contributed by atoms with van der Waals surface area (Å²) in [6.07, 6.45) is 5.29. The molecule has 3 heterocycles. The van der Waals surface area contributed by atoms with Crippen LogP contribution in [0.1, 0.15) is 49.8 Å². The molecular formula is C23H27N5O2. The molecule has 1 saturated carbocycles. The second-order valence-corrected chi connectivity index (χ2v) is 8.50. The Morgan fingerprint density at radius 1 is 1.07 bits per heavy atom. The van der Waals surface area contributed by atoms with E-state index in [1.165, 1.54) is 17.7 Å². The lowest BCUT2D eigenvalue weighted by Crippen LogP contribution is -2.56. The maximum Gasteiger partial charge on any atom is 0.327 e. The van der Waals surface area contributed by atoms with Crippen LogP contribution in [0.25, 0.3) is 0 Å². The molecule has 1 spiro atoms. The van der Waals surface area contributed by atoms with Gasteiger partial charge in [-0.1, -0.05) is 30.3 Å². The van der Waals surface area contributed by atoms with Crippen molar-refractivity contribution < 1.29 is 9.59 Å². The minimum atomic E-state index is -0.758. The number of hydrogen-bond donors (Lipinski definition) is 0. The fourth-order valence-electron chi connectivity index (χ4n) is 4.77. The van der Waals surface area contributed by atoms with E-state index in [1.54, 1.807) is 11.2 Å². The molecule has 156 valence electrons. The van der Waals surface area contributed by atoms with Crippen molar-refractivity contribution >= 4 is 17.8 Å². The van der Waals surface area contributed by atoms with Gasteiger partial charge in [0.2, 0.25) is 0 Å². The number of carbonyl (C=O) groups excluding carboxylic acids is 2. The third kappa shape index (κ3) is 3.13. The molecule has 0 atom stereocenters. The van der Waals surface area contributed by atoms with Crippen LogP contribution in [0.4, 0.5) is 10.6 Å². The van der Waals surface area contributed by atoms with Gasteiger partial charge in [-0.05, 0) is 38.2 Å². The van der Waals surface area contributed by atoms with E-state index in [1.807, 2.05) is 37.3 Å². The molecule has 0 radical (unpaired) electrons. The average molecular weight is 406 g/mol. The number of likely N-dealkylation sites (N-methyl/N-ethyl adjacent to an activating group) is 1. The number of imide groups is 1. The third-order valence-corrected chi connectivity index (χ3v) is 6.71. The number of nitrogens with zero attached hydrogens (tertiary/aromatic N) is 5. The number of piperidine rings is 1. The highest BCUT2D eigenvalue weighted by Gasteiger charge is 2.57. The van der Waals surface area contributed by atoms with Crippen LogP contribution < -0.4 is 4.90 Å². The molecule has 1 aromatic carbocycles. The van der Waals surface area contributed by atoms with E-state index in [-0.39, 0.29) is 11.9 Å². The number of amides is 3. The fourth-order valence-corrected chi connectivity index (χ4v) is 4.77. The van der Waals surface area contributed by atoms with Gasteiger partial charge in [-0.15, -0.1) is 0 Å². The fraction of sp³-hybridized carbons (Fsp3) is 0.478. The van der Waals surface area contributed by atoms with Crippen LogP contribution >= 0.6 is 0 Å². The Morgan fingerprint density at radius 3 is 2.47 bits per heavy atom. The van der Waals surface area contributed by atoms with E-state index in [9.17, 15) is 9.59 Å². The van der Waals surface area contributed by atoms with Gasteiger partial charge in [-0.3, -0.25) is 9.69 Å². The van der Waals surface area contributed by atoms with Crippen molar-refractivity contribution in [3.05, 3.63) is 54.0 Å². The van der Waals surface area contributed by atoms with Gasteiger partial charge < -0.3 is 9.80 Å². The van der Waals surface area contributed by atoms with Gasteiger partial charge in [0.15, 0.2) is 0 Å². The SMILES string of the molecule is CCN1C(=O)N(Cc2ccccc2)C2(CCN(c3cc(C4CC4)ncn3)CC2)C1=O. The summed E-state index contributed by atoms with van der Waals surface area (Å²) in [7, 11) is 0. The predicted molar refractivity (Wildman–Crippen MR) is 113 cm³/mol. The number of anilines is 1. The van der Waals surface area contributed by atoms with Crippen molar-refractivity contribution in [3.8, 4) is 0 Å². The molecule has 5 rings (SSSR count). The van der Waals surface area contributed by atoms with Crippen LogP contribution in [-0.4, -0.2) is 56.9 Å².